The van der Waals surface area contributed by atoms with Crippen molar-refractivity contribution in [2.24, 2.45) is 0 Å². The molecule has 1 aliphatic rings. The van der Waals surface area contributed by atoms with Crippen LogP contribution >= 0.6 is 23.1 Å². The van der Waals surface area contributed by atoms with Gasteiger partial charge in [0.2, 0.25) is 5.91 Å². The van der Waals surface area contributed by atoms with E-state index in [0.717, 1.165) is 33.7 Å². The number of aromatic nitrogens is 2. The molecule has 134 valence electrons. The highest BCUT2D eigenvalue weighted by Crippen LogP contribution is 2.30. The number of aromatic amines is 1. The predicted molar refractivity (Wildman–Crippen MR) is 108 cm³/mol. The standard InChI is InChI=1S/C19H19N3O2S2/c23-15(16-5-2-9-25-16)6-7-17(24)21-13-4-1-3-12-11-14(22-18(12)13)19-20-8-10-26-19/h1-4,8-11,15-16,22-23H,5-7H2,(H,21,24). The maximum Gasteiger partial charge on any atom is 0.224 e. The summed E-state index contributed by atoms with van der Waals surface area (Å²) in [4.78, 5) is 20.0. The Morgan fingerprint density at radius 2 is 2.38 bits per heavy atom. The first-order valence-corrected chi connectivity index (χ1v) is 10.3. The summed E-state index contributed by atoms with van der Waals surface area (Å²) >= 11 is 3.21. The minimum Gasteiger partial charge on any atom is -0.392 e. The van der Waals surface area contributed by atoms with Crippen molar-refractivity contribution in [3.63, 3.8) is 0 Å². The highest BCUT2D eigenvalue weighted by molar-refractivity contribution is 8.03. The van der Waals surface area contributed by atoms with Crippen molar-refractivity contribution in [2.45, 2.75) is 30.6 Å². The van der Waals surface area contributed by atoms with Crippen LogP contribution < -0.4 is 5.32 Å². The summed E-state index contributed by atoms with van der Waals surface area (Å²) in [6, 6.07) is 7.85. The van der Waals surface area contributed by atoms with E-state index in [1.54, 1.807) is 29.3 Å². The van der Waals surface area contributed by atoms with Crippen LogP contribution in [-0.4, -0.2) is 32.3 Å². The zero-order valence-electron chi connectivity index (χ0n) is 14.0. The van der Waals surface area contributed by atoms with E-state index in [0.29, 0.717) is 12.8 Å². The average molecular weight is 386 g/mol. The van der Waals surface area contributed by atoms with E-state index in [1.165, 1.54) is 0 Å². The number of para-hydroxylation sites is 1. The maximum atomic E-state index is 12.3. The molecule has 4 rings (SSSR count). The van der Waals surface area contributed by atoms with E-state index in [-0.39, 0.29) is 11.2 Å². The topological polar surface area (TPSA) is 78.0 Å². The first kappa shape index (κ1) is 17.3. The minimum atomic E-state index is -0.460. The van der Waals surface area contributed by atoms with Crippen LogP contribution in [0.4, 0.5) is 5.69 Å². The summed E-state index contributed by atoms with van der Waals surface area (Å²) in [7, 11) is 0. The fourth-order valence-corrected chi connectivity index (χ4v) is 4.63. The monoisotopic (exact) mass is 385 g/mol. The third kappa shape index (κ3) is 3.70. The molecular weight excluding hydrogens is 366 g/mol. The van der Waals surface area contributed by atoms with Crippen LogP contribution in [0, 0.1) is 0 Å². The number of rotatable bonds is 6. The molecule has 2 atom stereocenters. The number of nitrogens with zero attached hydrogens (tertiary/aromatic N) is 1. The van der Waals surface area contributed by atoms with Gasteiger partial charge in [-0.3, -0.25) is 4.79 Å². The zero-order valence-corrected chi connectivity index (χ0v) is 15.6. The molecule has 1 aromatic carbocycles. The number of aliphatic hydroxyl groups is 1. The number of aliphatic hydroxyl groups excluding tert-OH is 1. The fraction of sp³-hybridized carbons (Fsp3) is 0.263. The molecule has 5 nitrogen and oxygen atoms in total. The second-order valence-electron chi connectivity index (χ2n) is 6.23. The second kappa shape index (κ2) is 7.65. The van der Waals surface area contributed by atoms with Gasteiger partial charge < -0.3 is 15.4 Å². The highest BCUT2D eigenvalue weighted by atomic mass is 32.2. The molecule has 1 amide bonds. The Bertz CT molecular complexity index is 926. The third-order valence-corrected chi connectivity index (χ3v) is 6.42. The Kier molecular flexibility index (Phi) is 5.10. The Labute approximate surface area is 159 Å². The van der Waals surface area contributed by atoms with Gasteiger partial charge in [-0.15, -0.1) is 23.1 Å². The molecule has 0 bridgehead atoms. The molecule has 3 heterocycles. The minimum absolute atomic E-state index is 0.0853. The van der Waals surface area contributed by atoms with Gasteiger partial charge in [-0.05, 0) is 30.4 Å². The number of benzene rings is 1. The van der Waals surface area contributed by atoms with Gasteiger partial charge in [0.15, 0.2) is 0 Å². The lowest BCUT2D eigenvalue weighted by Gasteiger charge is -2.16. The van der Waals surface area contributed by atoms with Crippen molar-refractivity contribution < 1.29 is 9.90 Å². The van der Waals surface area contributed by atoms with Crippen LogP contribution in [0.5, 0.6) is 0 Å². The number of nitrogens with one attached hydrogen (secondary N) is 2. The number of H-pyrrole nitrogens is 1. The first-order chi connectivity index (χ1) is 12.7. The average Bonchev–Trinajstić information content (AvgIpc) is 3.40. The summed E-state index contributed by atoms with van der Waals surface area (Å²) in [5.41, 5.74) is 2.58. The fourth-order valence-electron chi connectivity index (χ4n) is 3.06. The molecule has 2 unspecified atom stereocenters. The lowest BCUT2D eigenvalue weighted by Crippen LogP contribution is -2.23. The smallest absolute Gasteiger partial charge is 0.224 e. The van der Waals surface area contributed by atoms with E-state index < -0.39 is 6.10 Å². The zero-order chi connectivity index (χ0) is 17.9. The van der Waals surface area contributed by atoms with Crippen LogP contribution in [0.2, 0.25) is 0 Å². The number of hydrogen-bond acceptors (Lipinski definition) is 5. The summed E-state index contributed by atoms with van der Waals surface area (Å²) in [5, 5.41) is 19.2. The van der Waals surface area contributed by atoms with Crippen molar-refractivity contribution in [3.05, 3.63) is 47.3 Å². The van der Waals surface area contributed by atoms with Crippen LogP contribution in [-0.2, 0) is 4.79 Å². The quantitative estimate of drug-likeness (QED) is 0.588. The molecule has 26 heavy (non-hydrogen) atoms. The molecule has 1 aliphatic heterocycles. The maximum absolute atomic E-state index is 12.3. The SMILES string of the molecule is O=C(CCC(O)C1CC=CS1)Nc1cccc2cc(-c3nccs3)[nH]c12. The molecule has 3 N–H and O–H groups in total. The van der Waals surface area contributed by atoms with E-state index in [2.05, 4.69) is 21.4 Å². The van der Waals surface area contributed by atoms with Crippen molar-refractivity contribution in [2.75, 3.05) is 5.32 Å². The van der Waals surface area contributed by atoms with Gasteiger partial charge >= 0.3 is 0 Å². The lowest BCUT2D eigenvalue weighted by molar-refractivity contribution is -0.116. The number of thiazole rings is 1. The van der Waals surface area contributed by atoms with Crippen molar-refractivity contribution in [1.82, 2.24) is 9.97 Å². The number of carbonyl (C=O) groups is 1. The molecule has 0 spiro atoms. The largest absolute Gasteiger partial charge is 0.392 e. The Morgan fingerprint density at radius 1 is 1.46 bits per heavy atom. The molecule has 0 saturated heterocycles. The van der Waals surface area contributed by atoms with E-state index in [4.69, 9.17) is 0 Å². The van der Waals surface area contributed by atoms with Gasteiger partial charge in [-0.2, -0.15) is 0 Å². The first-order valence-electron chi connectivity index (χ1n) is 8.51. The highest BCUT2D eigenvalue weighted by Gasteiger charge is 2.21. The third-order valence-electron chi connectivity index (χ3n) is 4.41. The van der Waals surface area contributed by atoms with Crippen LogP contribution in [0.25, 0.3) is 21.6 Å². The van der Waals surface area contributed by atoms with Crippen LogP contribution in [0.3, 0.4) is 0 Å². The summed E-state index contributed by atoms with van der Waals surface area (Å²) in [6.07, 6.45) is 5.01. The Morgan fingerprint density at radius 3 is 3.15 bits per heavy atom. The second-order valence-corrected chi connectivity index (χ2v) is 8.27. The Hall–Kier alpha value is -2.09. The number of anilines is 1. The van der Waals surface area contributed by atoms with Gasteiger partial charge in [-0.1, -0.05) is 18.2 Å². The van der Waals surface area contributed by atoms with Gasteiger partial charge in [-0.25, -0.2) is 4.98 Å². The lowest BCUT2D eigenvalue weighted by atomic mass is 10.1. The van der Waals surface area contributed by atoms with Crippen molar-refractivity contribution >= 4 is 45.6 Å². The molecular formula is C19H19N3O2S2. The molecule has 0 fully saturated rings. The van der Waals surface area contributed by atoms with E-state index in [9.17, 15) is 9.90 Å². The number of thioether (sulfide) groups is 1. The van der Waals surface area contributed by atoms with Crippen LogP contribution in [0.15, 0.2) is 47.3 Å². The number of hydrogen-bond donors (Lipinski definition) is 3. The Balaban J connectivity index is 1.44. The number of carbonyl (C=O) groups excluding carboxylic acids is 1. The molecule has 0 saturated carbocycles. The molecule has 7 heteroatoms. The molecule has 0 aliphatic carbocycles. The predicted octanol–water partition coefficient (Wildman–Crippen LogP) is 4.39. The number of allylic oxidation sites excluding steroid dienone is 1. The van der Waals surface area contributed by atoms with E-state index in [1.807, 2.05) is 35.1 Å². The molecule has 2 aromatic heterocycles. The summed E-state index contributed by atoms with van der Waals surface area (Å²) in [6.45, 7) is 0. The van der Waals surface area contributed by atoms with Gasteiger partial charge in [0.25, 0.3) is 0 Å². The van der Waals surface area contributed by atoms with Gasteiger partial charge in [0, 0.05) is 28.6 Å². The van der Waals surface area contributed by atoms with Crippen LogP contribution in [0.1, 0.15) is 19.3 Å². The van der Waals surface area contributed by atoms with Gasteiger partial charge in [0.05, 0.1) is 23.0 Å². The van der Waals surface area contributed by atoms with Gasteiger partial charge in [0.1, 0.15) is 5.01 Å². The summed E-state index contributed by atoms with van der Waals surface area (Å²) in [5.74, 6) is -0.0853. The number of amides is 1. The number of fused-ring (bicyclic) bond motifs is 1. The van der Waals surface area contributed by atoms with Crippen molar-refractivity contribution in [1.29, 1.82) is 0 Å². The molecule has 3 aromatic rings. The van der Waals surface area contributed by atoms with E-state index >= 15 is 0 Å². The molecule has 0 radical (unpaired) electrons. The van der Waals surface area contributed by atoms with Crippen molar-refractivity contribution in [3.8, 4) is 10.7 Å². The summed E-state index contributed by atoms with van der Waals surface area (Å²) < 4.78 is 0. The normalized spacial score (nSPS) is 17.7.